The van der Waals surface area contributed by atoms with E-state index in [0.717, 1.165) is 16.5 Å². The number of hydrogen-bond donors (Lipinski definition) is 0. The average Bonchev–Trinajstić information content (AvgIpc) is 3.01. The van der Waals surface area contributed by atoms with E-state index < -0.39 is 0 Å². The maximum atomic E-state index is 11.7. The van der Waals surface area contributed by atoms with Crippen molar-refractivity contribution < 1.29 is 18.7 Å². The zero-order valence-corrected chi connectivity index (χ0v) is 13.9. The van der Waals surface area contributed by atoms with Gasteiger partial charge in [0.15, 0.2) is 0 Å². The SMILES string of the molecule is CC1CC(=O)Oc2cc(Oc3ncnc4c3oc3ccccc34)ccc21. The van der Waals surface area contributed by atoms with Gasteiger partial charge in [0.05, 0.1) is 6.42 Å². The molecule has 0 aliphatic carbocycles. The van der Waals surface area contributed by atoms with Gasteiger partial charge >= 0.3 is 5.97 Å². The van der Waals surface area contributed by atoms with Crippen molar-refractivity contribution in [2.75, 3.05) is 0 Å². The highest BCUT2D eigenvalue weighted by Gasteiger charge is 2.24. The number of benzene rings is 2. The molecule has 2 aromatic carbocycles. The van der Waals surface area contributed by atoms with E-state index in [2.05, 4.69) is 9.97 Å². The fourth-order valence-corrected chi connectivity index (χ4v) is 3.28. The standard InChI is InChI=1S/C20H14N2O4/c1-11-8-17(23)25-16-9-12(6-7-13(11)16)24-20-19-18(21-10-22-20)14-4-2-3-5-15(14)26-19/h2-7,9-11H,8H2,1H3. The van der Waals surface area contributed by atoms with Gasteiger partial charge < -0.3 is 13.9 Å². The first-order valence-corrected chi connectivity index (χ1v) is 8.34. The number of carbonyl (C=O) groups excluding carboxylic acids is 1. The summed E-state index contributed by atoms with van der Waals surface area (Å²) >= 11 is 0. The Labute approximate surface area is 148 Å². The van der Waals surface area contributed by atoms with Crippen LogP contribution in [0.25, 0.3) is 22.1 Å². The molecule has 26 heavy (non-hydrogen) atoms. The zero-order chi connectivity index (χ0) is 17.7. The first-order chi connectivity index (χ1) is 12.7. The summed E-state index contributed by atoms with van der Waals surface area (Å²) in [6, 6.07) is 13.1. The highest BCUT2D eigenvalue weighted by Crippen LogP contribution is 2.39. The highest BCUT2D eigenvalue weighted by atomic mass is 16.5. The van der Waals surface area contributed by atoms with Crippen molar-refractivity contribution in [3.05, 3.63) is 54.4 Å². The Bertz CT molecular complexity index is 1170. The summed E-state index contributed by atoms with van der Waals surface area (Å²) in [4.78, 5) is 20.2. The van der Waals surface area contributed by atoms with Crippen LogP contribution in [0, 0.1) is 0 Å². The van der Waals surface area contributed by atoms with Crippen molar-refractivity contribution >= 4 is 28.0 Å². The molecule has 6 heteroatoms. The number of ether oxygens (including phenoxy) is 2. The fraction of sp³-hybridized carbons (Fsp3) is 0.150. The molecule has 0 N–H and O–H groups in total. The van der Waals surface area contributed by atoms with Crippen molar-refractivity contribution in [3.63, 3.8) is 0 Å². The van der Waals surface area contributed by atoms with Crippen LogP contribution in [0.4, 0.5) is 0 Å². The Morgan fingerprint density at radius 3 is 2.96 bits per heavy atom. The molecule has 128 valence electrons. The summed E-state index contributed by atoms with van der Waals surface area (Å²) < 4.78 is 17.1. The molecular weight excluding hydrogens is 332 g/mol. The number of aromatic nitrogens is 2. The molecule has 4 aromatic rings. The third-order valence-corrected chi connectivity index (χ3v) is 4.55. The molecule has 0 radical (unpaired) electrons. The summed E-state index contributed by atoms with van der Waals surface area (Å²) in [6.45, 7) is 2.00. The van der Waals surface area contributed by atoms with Gasteiger partial charge in [-0.15, -0.1) is 0 Å². The predicted octanol–water partition coefficient (Wildman–Crippen LogP) is 4.58. The van der Waals surface area contributed by atoms with Gasteiger partial charge in [0.1, 0.15) is 28.9 Å². The normalized spacial score (nSPS) is 16.5. The molecule has 1 unspecified atom stereocenters. The van der Waals surface area contributed by atoms with E-state index >= 15 is 0 Å². The monoisotopic (exact) mass is 346 g/mol. The van der Waals surface area contributed by atoms with E-state index in [0.29, 0.717) is 34.9 Å². The van der Waals surface area contributed by atoms with Gasteiger partial charge in [0.25, 0.3) is 5.88 Å². The summed E-state index contributed by atoms with van der Waals surface area (Å²) in [5.41, 5.74) is 2.90. The molecule has 6 nitrogen and oxygen atoms in total. The van der Waals surface area contributed by atoms with Crippen molar-refractivity contribution in [3.8, 4) is 17.4 Å². The maximum absolute atomic E-state index is 11.7. The predicted molar refractivity (Wildman–Crippen MR) is 94.5 cm³/mol. The Balaban J connectivity index is 1.58. The minimum Gasteiger partial charge on any atom is -0.449 e. The minimum atomic E-state index is -0.233. The van der Waals surface area contributed by atoms with Crippen LogP contribution in [0.5, 0.6) is 17.4 Å². The number of esters is 1. The van der Waals surface area contributed by atoms with E-state index in [4.69, 9.17) is 13.9 Å². The molecule has 1 aliphatic rings. The lowest BCUT2D eigenvalue weighted by atomic mass is 9.95. The van der Waals surface area contributed by atoms with E-state index in [-0.39, 0.29) is 11.9 Å². The van der Waals surface area contributed by atoms with Crippen LogP contribution in [-0.4, -0.2) is 15.9 Å². The first-order valence-electron chi connectivity index (χ1n) is 8.34. The van der Waals surface area contributed by atoms with Crippen LogP contribution < -0.4 is 9.47 Å². The Morgan fingerprint density at radius 1 is 1.15 bits per heavy atom. The molecule has 0 fully saturated rings. The third kappa shape index (κ3) is 2.30. The van der Waals surface area contributed by atoms with Crippen LogP contribution in [0.2, 0.25) is 0 Å². The molecular formula is C20H14N2O4. The van der Waals surface area contributed by atoms with Crippen LogP contribution in [-0.2, 0) is 4.79 Å². The fourth-order valence-electron chi connectivity index (χ4n) is 3.28. The Hall–Kier alpha value is -3.41. The minimum absolute atomic E-state index is 0.126. The second kappa shape index (κ2) is 5.56. The lowest BCUT2D eigenvalue weighted by molar-refractivity contribution is -0.135. The Kier molecular flexibility index (Phi) is 3.18. The van der Waals surface area contributed by atoms with Crippen molar-refractivity contribution in [2.45, 2.75) is 19.3 Å². The van der Waals surface area contributed by atoms with Gasteiger partial charge in [0.2, 0.25) is 5.58 Å². The number of carbonyl (C=O) groups is 1. The number of hydrogen-bond acceptors (Lipinski definition) is 6. The van der Waals surface area contributed by atoms with E-state index in [9.17, 15) is 4.79 Å². The molecule has 0 saturated heterocycles. The maximum Gasteiger partial charge on any atom is 0.311 e. The summed E-state index contributed by atoms with van der Waals surface area (Å²) in [7, 11) is 0. The second-order valence-corrected chi connectivity index (χ2v) is 6.34. The molecule has 3 heterocycles. The van der Waals surface area contributed by atoms with Gasteiger partial charge in [0, 0.05) is 11.5 Å². The summed E-state index contributed by atoms with van der Waals surface area (Å²) in [5, 5.41) is 0.906. The molecule has 0 saturated carbocycles. The zero-order valence-electron chi connectivity index (χ0n) is 13.9. The van der Waals surface area contributed by atoms with Gasteiger partial charge in [-0.1, -0.05) is 25.1 Å². The van der Waals surface area contributed by atoms with E-state index in [1.807, 2.05) is 43.3 Å². The second-order valence-electron chi connectivity index (χ2n) is 6.34. The smallest absolute Gasteiger partial charge is 0.311 e. The van der Waals surface area contributed by atoms with Gasteiger partial charge in [-0.3, -0.25) is 4.79 Å². The van der Waals surface area contributed by atoms with E-state index in [1.54, 1.807) is 6.07 Å². The van der Waals surface area contributed by atoms with E-state index in [1.165, 1.54) is 6.33 Å². The highest BCUT2D eigenvalue weighted by molar-refractivity contribution is 6.03. The van der Waals surface area contributed by atoms with Gasteiger partial charge in [-0.25, -0.2) is 4.98 Å². The Morgan fingerprint density at radius 2 is 2.04 bits per heavy atom. The van der Waals surface area contributed by atoms with Crippen LogP contribution in [0.3, 0.4) is 0 Å². The first kappa shape index (κ1) is 14.9. The van der Waals surface area contributed by atoms with Crippen LogP contribution in [0.15, 0.2) is 53.2 Å². The number of furan rings is 1. The molecule has 0 spiro atoms. The lowest BCUT2D eigenvalue weighted by Gasteiger charge is -2.21. The van der Waals surface area contributed by atoms with Crippen molar-refractivity contribution in [1.29, 1.82) is 0 Å². The van der Waals surface area contributed by atoms with Crippen molar-refractivity contribution in [2.24, 2.45) is 0 Å². The van der Waals surface area contributed by atoms with Crippen LogP contribution in [0.1, 0.15) is 24.8 Å². The third-order valence-electron chi connectivity index (χ3n) is 4.55. The largest absolute Gasteiger partial charge is 0.449 e. The molecule has 0 amide bonds. The van der Waals surface area contributed by atoms with Crippen LogP contribution >= 0.6 is 0 Å². The number of para-hydroxylation sites is 1. The average molecular weight is 346 g/mol. The molecule has 1 aliphatic heterocycles. The summed E-state index contributed by atoms with van der Waals surface area (Å²) in [5.74, 6) is 1.26. The molecule has 2 aromatic heterocycles. The van der Waals surface area contributed by atoms with Gasteiger partial charge in [-0.05, 0) is 29.7 Å². The lowest BCUT2D eigenvalue weighted by Crippen LogP contribution is -2.18. The molecule has 5 rings (SSSR count). The number of rotatable bonds is 2. The molecule has 1 atom stereocenters. The topological polar surface area (TPSA) is 74.5 Å². The quantitative estimate of drug-likeness (QED) is 0.391. The summed E-state index contributed by atoms with van der Waals surface area (Å²) in [6.07, 6.45) is 1.83. The number of fused-ring (bicyclic) bond motifs is 4. The van der Waals surface area contributed by atoms with Crippen molar-refractivity contribution in [1.82, 2.24) is 9.97 Å². The number of nitrogens with zero attached hydrogens (tertiary/aromatic N) is 2. The molecule has 0 bridgehead atoms. The van der Waals surface area contributed by atoms with Gasteiger partial charge in [-0.2, -0.15) is 4.98 Å².